The van der Waals surface area contributed by atoms with Gasteiger partial charge >= 0.3 is 0 Å². The number of hydrogen-bond donors (Lipinski definition) is 1. The predicted octanol–water partition coefficient (Wildman–Crippen LogP) is 3.93. The van der Waals surface area contributed by atoms with Crippen LogP contribution in [-0.4, -0.2) is 0 Å². The summed E-state index contributed by atoms with van der Waals surface area (Å²) < 4.78 is 0. The second-order valence-corrected chi connectivity index (χ2v) is 4.15. The van der Waals surface area contributed by atoms with Crippen LogP contribution in [0.3, 0.4) is 0 Å². The largest absolute Gasteiger partial charge is 0.381 e. The third-order valence-electron chi connectivity index (χ3n) is 2.41. The van der Waals surface area contributed by atoms with Crippen LogP contribution in [0.5, 0.6) is 0 Å². The van der Waals surface area contributed by atoms with Crippen molar-refractivity contribution in [3.63, 3.8) is 0 Å². The third-order valence-corrected chi connectivity index (χ3v) is 2.65. The summed E-state index contributed by atoms with van der Waals surface area (Å²) in [6.45, 7) is 0.731. The fourth-order valence-electron chi connectivity index (χ4n) is 1.57. The zero-order chi connectivity index (χ0) is 12.1. The zero-order valence-corrected chi connectivity index (χ0v) is 10.0. The van der Waals surface area contributed by atoms with Crippen molar-refractivity contribution in [1.29, 1.82) is 0 Å². The number of nitrogens with one attached hydrogen (secondary N) is 1. The molecule has 0 heterocycles. The molecule has 0 atom stereocenters. The lowest BCUT2D eigenvalue weighted by molar-refractivity contribution is 1.15. The van der Waals surface area contributed by atoms with Crippen LogP contribution in [0.2, 0.25) is 5.02 Å². The Balaban J connectivity index is 2.05. The number of rotatable bonds is 3. The van der Waals surface area contributed by atoms with E-state index >= 15 is 0 Å². The minimum atomic E-state index is 0.731. The highest BCUT2D eigenvalue weighted by Crippen LogP contribution is 2.14. The molecule has 0 saturated carbocycles. The Hall–Kier alpha value is -1.91. The molecule has 0 amide bonds. The Bertz CT molecular complexity index is 555. The van der Waals surface area contributed by atoms with Gasteiger partial charge in [0, 0.05) is 22.8 Å². The van der Waals surface area contributed by atoms with Crippen molar-refractivity contribution in [3.8, 4) is 12.3 Å². The van der Waals surface area contributed by atoms with E-state index in [-0.39, 0.29) is 0 Å². The predicted molar refractivity (Wildman–Crippen MR) is 73.2 cm³/mol. The molecule has 2 heteroatoms. The van der Waals surface area contributed by atoms with Crippen molar-refractivity contribution in [1.82, 2.24) is 0 Å². The maximum Gasteiger partial charge on any atom is 0.0409 e. The van der Waals surface area contributed by atoms with Gasteiger partial charge in [-0.2, -0.15) is 0 Å². The van der Waals surface area contributed by atoms with Crippen LogP contribution in [-0.2, 0) is 6.54 Å². The van der Waals surface area contributed by atoms with Gasteiger partial charge in [0.15, 0.2) is 0 Å². The Morgan fingerprint density at radius 3 is 2.71 bits per heavy atom. The number of hydrogen-bond acceptors (Lipinski definition) is 1. The standard InChI is InChI=1S/C15H12ClN/c1-2-12-5-4-8-15(10-12)17-11-13-6-3-7-14(16)9-13/h1,3-10,17H,11H2. The van der Waals surface area contributed by atoms with Gasteiger partial charge in [0.05, 0.1) is 0 Å². The summed E-state index contributed by atoms with van der Waals surface area (Å²) in [6.07, 6.45) is 5.35. The molecule has 2 aromatic rings. The van der Waals surface area contributed by atoms with E-state index < -0.39 is 0 Å². The van der Waals surface area contributed by atoms with Crippen LogP contribution in [0.25, 0.3) is 0 Å². The average molecular weight is 242 g/mol. The third kappa shape index (κ3) is 3.27. The van der Waals surface area contributed by atoms with Crippen molar-refractivity contribution in [2.75, 3.05) is 5.32 Å². The Morgan fingerprint density at radius 2 is 1.94 bits per heavy atom. The molecular formula is C15H12ClN. The summed E-state index contributed by atoms with van der Waals surface area (Å²) >= 11 is 5.92. The van der Waals surface area contributed by atoms with Crippen molar-refractivity contribution >= 4 is 17.3 Å². The smallest absolute Gasteiger partial charge is 0.0409 e. The van der Waals surface area contributed by atoms with E-state index in [2.05, 4.69) is 11.2 Å². The van der Waals surface area contributed by atoms with Gasteiger partial charge in [-0.25, -0.2) is 0 Å². The van der Waals surface area contributed by atoms with Crippen LogP contribution in [0.15, 0.2) is 48.5 Å². The second-order valence-electron chi connectivity index (χ2n) is 3.71. The molecule has 0 fully saturated rings. The first-order chi connectivity index (χ1) is 8.28. The molecule has 0 saturated heterocycles. The lowest BCUT2D eigenvalue weighted by atomic mass is 10.2. The first-order valence-electron chi connectivity index (χ1n) is 5.33. The van der Waals surface area contributed by atoms with Gasteiger partial charge in [-0.3, -0.25) is 0 Å². The van der Waals surface area contributed by atoms with E-state index in [4.69, 9.17) is 18.0 Å². The molecule has 17 heavy (non-hydrogen) atoms. The highest BCUT2D eigenvalue weighted by molar-refractivity contribution is 6.30. The fraction of sp³-hybridized carbons (Fsp3) is 0.0667. The molecule has 1 N–H and O–H groups in total. The van der Waals surface area contributed by atoms with Crippen LogP contribution in [0, 0.1) is 12.3 Å². The first kappa shape index (κ1) is 11.6. The molecule has 0 aliphatic heterocycles. The topological polar surface area (TPSA) is 12.0 Å². The van der Waals surface area contributed by atoms with Crippen molar-refractivity contribution in [2.45, 2.75) is 6.54 Å². The minimum Gasteiger partial charge on any atom is -0.381 e. The SMILES string of the molecule is C#Cc1cccc(NCc2cccc(Cl)c2)c1. The second kappa shape index (κ2) is 5.43. The van der Waals surface area contributed by atoms with Gasteiger partial charge in [-0.1, -0.05) is 35.7 Å². The van der Waals surface area contributed by atoms with Crippen LogP contribution in [0.4, 0.5) is 5.69 Å². The minimum absolute atomic E-state index is 0.731. The van der Waals surface area contributed by atoms with Crippen molar-refractivity contribution in [2.24, 2.45) is 0 Å². The monoisotopic (exact) mass is 241 g/mol. The summed E-state index contributed by atoms with van der Waals surface area (Å²) in [6, 6.07) is 15.6. The quantitative estimate of drug-likeness (QED) is 0.803. The van der Waals surface area contributed by atoms with E-state index in [1.807, 2.05) is 48.5 Å². The van der Waals surface area contributed by atoms with E-state index in [0.717, 1.165) is 28.4 Å². The fourth-order valence-corrected chi connectivity index (χ4v) is 1.78. The maximum atomic E-state index is 5.92. The molecule has 0 aliphatic carbocycles. The molecule has 0 unspecified atom stereocenters. The zero-order valence-electron chi connectivity index (χ0n) is 9.28. The average Bonchev–Trinajstić information content (AvgIpc) is 2.37. The summed E-state index contributed by atoms with van der Waals surface area (Å²) in [5.74, 6) is 2.61. The highest BCUT2D eigenvalue weighted by Gasteiger charge is 1.96. The lowest BCUT2D eigenvalue weighted by Crippen LogP contribution is -1.99. The first-order valence-corrected chi connectivity index (χ1v) is 5.71. The van der Waals surface area contributed by atoms with Gasteiger partial charge in [-0.05, 0) is 35.9 Å². The van der Waals surface area contributed by atoms with E-state index in [1.165, 1.54) is 0 Å². The number of anilines is 1. The number of halogens is 1. The number of terminal acetylenes is 1. The van der Waals surface area contributed by atoms with Crippen LogP contribution >= 0.6 is 11.6 Å². The Morgan fingerprint density at radius 1 is 1.12 bits per heavy atom. The van der Waals surface area contributed by atoms with Crippen molar-refractivity contribution in [3.05, 3.63) is 64.7 Å². The van der Waals surface area contributed by atoms with Crippen LogP contribution in [0.1, 0.15) is 11.1 Å². The van der Waals surface area contributed by atoms with Gasteiger partial charge in [-0.15, -0.1) is 6.42 Å². The summed E-state index contributed by atoms with van der Waals surface area (Å²) in [4.78, 5) is 0. The molecule has 0 aliphatic rings. The van der Waals surface area contributed by atoms with Crippen molar-refractivity contribution < 1.29 is 0 Å². The molecule has 1 nitrogen and oxygen atoms in total. The molecule has 0 aromatic heterocycles. The van der Waals surface area contributed by atoms with E-state index in [9.17, 15) is 0 Å². The lowest BCUT2D eigenvalue weighted by Gasteiger charge is -2.07. The van der Waals surface area contributed by atoms with E-state index in [0.29, 0.717) is 0 Å². The van der Waals surface area contributed by atoms with Gasteiger partial charge in [0.2, 0.25) is 0 Å². The number of benzene rings is 2. The Labute approximate surface area is 106 Å². The van der Waals surface area contributed by atoms with Gasteiger partial charge in [0.25, 0.3) is 0 Å². The summed E-state index contributed by atoms with van der Waals surface area (Å²) in [5, 5.41) is 4.06. The maximum absolute atomic E-state index is 5.92. The molecule has 0 bridgehead atoms. The van der Waals surface area contributed by atoms with Crippen LogP contribution < -0.4 is 5.32 Å². The Kier molecular flexibility index (Phi) is 3.69. The summed E-state index contributed by atoms with van der Waals surface area (Å²) in [5.41, 5.74) is 3.03. The molecule has 0 radical (unpaired) electrons. The van der Waals surface area contributed by atoms with E-state index in [1.54, 1.807) is 0 Å². The molecular weight excluding hydrogens is 230 g/mol. The molecule has 2 aromatic carbocycles. The van der Waals surface area contributed by atoms with Gasteiger partial charge < -0.3 is 5.32 Å². The summed E-state index contributed by atoms with van der Waals surface area (Å²) in [7, 11) is 0. The molecule has 84 valence electrons. The normalized spacial score (nSPS) is 9.65. The molecule has 0 spiro atoms. The molecule has 2 rings (SSSR count). The highest BCUT2D eigenvalue weighted by atomic mass is 35.5. The van der Waals surface area contributed by atoms with Gasteiger partial charge in [0.1, 0.15) is 0 Å².